The van der Waals surface area contributed by atoms with Gasteiger partial charge in [-0.05, 0) is 42.3 Å². The highest BCUT2D eigenvalue weighted by molar-refractivity contribution is 7.99. The first kappa shape index (κ1) is 28.8. The number of ether oxygens (including phenoxy) is 1. The van der Waals surface area contributed by atoms with Crippen molar-refractivity contribution in [2.75, 3.05) is 12.9 Å². The highest BCUT2D eigenvalue weighted by Gasteiger charge is 2.38. The molecule has 1 aliphatic heterocycles. The fourth-order valence-electron chi connectivity index (χ4n) is 5.31. The maximum Gasteiger partial charge on any atom is 0.416 e. The number of pyridine rings is 1. The second kappa shape index (κ2) is 10.9. The number of nitrogens with two attached hydrogens (primary N) is 1. The van der Waals surface area contributed by atoms with E-state index in [9.17, 15) is 26.7 Å². The molecule has 41 heavy (non-hydrogen) atoms. The number of alkyl halides is 3. The largest absolute Gasteiger partial charge is 0.494 e. The predicted molar refractivity (Wildman–Crippen MR) is 145 cm³/mol. The number of aromatic nitrogens is 1. The number of nitrogens with zero attached hydrogens (tertiary/aromatic N) is 1. The lowest BCUT2D eigenvalue weighted by atomic mass is 9.91. The summed E-state index contributed by atoms with van der Waals surface area (Å²) < 4.78 is 93.3. The van der Waals surface area contributed by atoms with Crippen molar-refractivity contribution in [2.24, 2.45) is 5.73 Å². The van der Waals surface area contributed by atoms with Crippen molar-refractivity contribution in [2.45, 2.75) is 36.6 Å². The van der Waals surface area contributed by atoms with Crippen LogP contribution in [0.5, 0.6) is 5.75 Å². The van der Waals surface area contributed by atoms with Crippen LogP contribution in [0.15, 0.2) is 70.5 Å². The van der Waals surface area contributed by atoms with Crippen LogP contribution in [0.2, 0.25) is 0 Å². The summed E-state index contributed by atoms with van der Waals surface area (Å²) in [7, 11) is 1.26. The van der Waals surface area contributed by atoms with E-state index >= 15 is 4.39 Å². The van der Waals surface area contributed by atoms with E-state index in [4.69, 9.17) is 10.5 Å². The molecule has 2 N–H and O–H groups in total. The second-order valence-corrected chi connectivity index (χ2v) is 10.7. The summed E-state index contributed by atoms with van der Waals surface area (Å²) in [6.45, 7) is 1.49. The lowest BCUT2D eigenvalue weighted by molar-refractivity contribution is -0.138. The number of rotatable bonds is 6. The van der Waals surface area contributed by atoms with E-state index < -0.39 is 58.8 Å². The summed E-state index contributed by atoms with van der Waals surface area (Å²) in [4.78, 5) is 14.1. The van der Waals surface area contributed by atoms with Crippen molar-refractivity contribution in [1.82, 2.24) is 4.57 Å². The summed E-state index contributed by atoms with van der Waals surface area (Å²) >= 11 is 1.15. The Morgan fingerprint density at radius 3 is 2.37 bits per heavy atom. The van der Waals surface area contributed by atoms with Gasteiger partial charge >= 0.3 is 6.18 Å². The average Bonchev–Trinajstić information content (AvgIpc) is 3.37. The standard InChI is InChI=1S/C30H24F6N2O2S/c1-15-18(13-19-20(30(34,35)36)9-6-11-22(19)32)29-38(23(14-41-29)27(37)16-7-3-4-10-21(16)31)28(39)25(15)17-8-5-12-24(40-2)26(17)33/h3-12,23,27H,13-14,37H2,1-2H3. The maximum atomic E-state index is 15.5. The van der Waals surface area contributed by atoms with Gasteiger partial charge in [0.2, 0.25) is 0 Å². The molecule has 11 heteroatoms. The van der Waals surface area contributed by atoms with Crippen molar-refractivity contribution in [3.05, 3.63) is 116 Å². The molecule has 0 radical (unpaired) electrons. The van der Waals surface area contributed by atoms with E-state index in [1.165, 1.54) is 55.0 Å². The number of hydrogen-bond donors (Lipinski definition) is 1. The topological polar surface area (TPSA) is 57.2 Å². The zero-order valence-electron chi connectivity index (χ0n) is 21.9. The van der Waals surface area contributed by atoms with Crippen molar-refractivity contribution in [3.63, 3.8) is 0 Å². The molecule has 0 bridgehead atoms. The number of fused-ring (bicyclic) bond motifs is 1. The molecule has 0 fully saturated rings. The van der Waals surface area contributed by atoms with Gasteiger partial charge in [-0.1, -0.05) is 36.4 Å². The number of methoxy groups -OCH3 is 1. The highest BCUT2D eigenvalue weighted by Crippen LogP contribution is 2.45. The van der Waals surface area contributed by atoms with Gasteiger partial charge in [0, 0.05) is 28.9 Å². The minimum atomic E-state index is -4.84. The molecule has 0 amide bonds. The SMILES string of the molecule is COc1cccc(-c2c(C)c(Cc3c(F)cccc3C(F)(F)F)c3n(c2=O)C(C(N)c2ccccc2F)CS3)c1F. The Morgan fingerprint density at radius 2 is 1.68 bits per heavy atom. The maximum absolute atomic E-state index is 15.5. The lowest BCUT2D eigenvalue weighted by Crippen LogP contribution is -2.34. The fourth-order valence-corrected chi connectivity index (χ4v) is 6.75. The normalized spacial score (nSPS) is 15.6. The van der Waals surface area contributed by atoms with E-state index in [-0.39, 0.29) is 44.3 Å². The van der Waals surface area contributed by atoms with Gasteiger partial charge in [0.15, 0.2) is 11.6 Å². The summed E-state index contributed by atoms with van der Waals surface area (Å²) in [5.41, 5.74) is 4.35. The van der Waals surface area contributed by atoms with Gasteiger partial charge in [-0.2, -0.15) is 13.2 Å². The number of halogens is 6. The summed E-state index contributed by atoms with van der Waals surface area (Å²) in [5.74, 6) is -2.45. The molecule has 2 atom stereocenters. The van der Waals surface area contributed by atoms with E-state index in [2.05, 4.69) is 0 Å². The number of thioether (sulfide) groups is 1. The first-order valence-corrected chi connectivity index (χ1v) is 13.5. The van der Waals surface area contributed by atoms with Crippen molar-refractivity contribution < 1.29 is 31.1 Å². The first-order valence-electron chi connectivity index (χ1n) is 12.5. The van der Waals surface area contributed by atoms with Gasteiger partial charge in [-0.3, -0.25) is 9.36 Å². The molecule has 0 saturated carbocycles. The molecular weight excluding hydrogens is 566 g/mol. The van der Waals surface area contributed by atoms with Gasteiger partial charge in [-0.15, -0.1) is 11.8 Å². The van der Waals surface area contributed by atoms with Crippen molar-refractivity contribution in [3.8, 4) is 16.9 Å². The van der Waals surface area contributed by atoms with Crippen LogP contribution in [0.4, 0.5) is 26.3 Å². The Kier molecular flexibility index (Phi) is 7.69. The van der Waals surface area contributed by atoms with E-state index in [0.717, 1.165) is 30.0 Å². The molecule has 4 nitrogen and oxygen atoms in total. The molecule has 2 unspecified atom stereocenters. The summed E-state index contributed by atoms with van der Waals surface area (Å²) in [6.07, 6.45) is -5.37. The molecule has 2 heterocycles. The monoisotopic (exact) mass is 590 g/mol. The third-order valence-corrected chi connectivity index (χ3v) is 8.59. The highest BCUT2D eigenvalue weighted by atomic mass is 32.2. The molecule has 1 aromatic heterocycles. The van der Waals surface area contributed by atoms with E-state index in [0.29, 0.717) is 0 Å². The molecule has 214 valence electrons. The third kappa shape index (κ3) is 5.01. The summed E-state index contributed by atoms with van der Waals surface area (Å²) in [6, 6.07) is 10.9. The van der Waals surface area contributed by atoms with Crippen LogP contribution < -0.4 is 16.0 Å². The number of hydrogen-bond acceptors (Lipinski definition) is 4. The summed E-state index contributed by atoms with van der Waals surface area (Å²) in [5, 5.41) is 0.271. The van der Waals surface area contributed by atoms with Crippen LogP contribution in [0.1, 0.15) is 39.9 Å². The minimum absolute atomic E-state index is 0.127. The molecule has 3 aromatic carbocycles. The Balaban J connectivity index is 1.79. The van der Waals surface area contributed by atoms with Crippen LogP contribution in [-0.2, 0) is 12.6 Å². The molecule has 1 aliphatic rings. The molecule has 0 spiro atoms. The van der Waals surface area contributed by atoms with Crippen molar-refractivity contribution in [1.29, 1.82) is 0 Å². The van der Waals surface area contributed by atoms with Gasteiger partial charge in [0.05, 0.1) is 35.3 Å². The van der Waals surface area contributed by atoms with Gasteiger partial charge < -0.3 is 10.5 Å². The first-order chi connectivity index (χ1) is 19.5. The molecule has 0 saturated heterocycles. The fraction of sp³-hybridized carbons (Fsp3) is 0.233. The molecule has 0 aliphatic carbocycles. The smallest absolute Gasteiger partial charge is 0.416 e. The molecule has 4 aromatic rings. The molecular formula is C30H24F6N2O2S. The predicted octanol–water partition coefficient (Wildman–Crippen LogP) is 7.21. The Labute approximate surface area is 235 Å². The van der Waals surface area contributed by atoms with Crippen LogP contribution in [0, 0.1) is 24.4 Å². The third-order valence-electron chi connectivity index (χ3n) is 7.37. The van der Waals surface area contributed by atoms with Gasteiger partial charge in [0.1, 0.15) is 11.6 Å². The van der Waals surface area contributed by atoms with Crippen molar-refractivity contribution >= 4 is 11.8 Å². The zero-order valence-corrected chi connectivity index (χ0v) is 22.7. The van der Waals surface area contributed by atoms with E-state index in [1.54, 1.807) is 6.07 Å². The Bertz CT molecular complexity index is 1700. The van der Waals surface area contributed by atoms with Gasteiger partial charge in [-0.25, -0.2) is 13.2 Å². The van der Waals surface area contributed by atoms with Crippen LogP contribution in [-0.4, -0.2) is 17.4 Å². The average molecular weight is 591 g/mol. The molecule has 5 rings (SSSR count). The second-order valence-electron chi connectivity index (χ2n) is 9.65. The van der Waals surface area contributed by atoms with Crippen LogP contribution >= 0.6 is 11.8 Å². The quantitative estimate of drug-likeness (QED) is 0.241. The van der Waals surface area contributed by atoms with Crippen LogP contribution in [0.25, 0.3) is 11.1 Å². The van der Waals surface area contributed by atoms with Gasteiger partial charge in [0.25, 0.3) is 5.56 Å². The lowest BCUT2D eigenvalue weighted by Gasteiger charge is -2.25. The number of benzene rings is 3. The Hall–Kier alpha value is -3.70. The van der Waals surface area contributed by atoms with E-state index in [1.807, 2.05) is 0 Å². The zero-order chi connectivity index (χ0) is 29.6. The Morgan fingerprint density at radius 1 is 1.00 bits per heavy atom. The van der Waals surface area contributed by atoms with Crippen LogP contribution in [0.3, 0.4) is 0 Å². The minimum Gasteiger partial charge on any atom is -0.494 e.